The molecule has 0 saturated carbocycles. The van der Waals surface area contributed by atoms with Gasteiger partial charge in [0.05, 0.1) is 21.8 Å². The Morgan fingerprint density at radius 3 is 2.65 bits per heavy atom. The average molecular weight is 448 g/mol. The van der Waals surface area contributed by atoms with E-state index >= 15 is 0 Å². The molecule has 2 aromatic heterocycles. The number of anilines is 1. The number of piperidine rings is 1. The van der Waals surface area contributed by atoms with Gasteiger partial charge in [0.1, 0.15) is 18.0 Å². The number of benzene rings is 1. The third-order valence-electron chi connectivity index (χ3n) is 5.47. The molecule has 3 heterocycles. The molecule has 31 heavy (non-hydrogen) atoms. The molecule has 1 aromatic carbocycles. The minimum atomic E-state index is 0.394. The maximum Gasteiger partial charge on any atom is 0.147 e. The second kappa shape index (κ2) is 9.35. The minimum Gasteiger partial charge on any atom is -0.355 e. The van der Waals surface area contributed by atoms with E-state index in [0.29, 0.717) is 38.6 Å². The summed E-state index contributed by atoms with van der Waals surface area (Å²) in [7, 11) is 0. The minimum absolute atomic E-state index is 0.394. The lowest BCUT2D eigenvalue weighted by Crippen LogP contribution is -2.37. The Kier molecular flexibility index (Phi) is 6.37. The molecule has 0 bridgehead atoms. The molecule has 0 aliphatic carbocycles. The molecular weight excluding hydrogens is 429 g/mol. The van der Waals surface area contributed by atoms with Crippen molar-refractivity contribution >= 4 is 29.0 Å². The maximum atomic E-state index is 9.66. The molecule has 0 amide bonds. The molecule has 0 N–H and O–H groups in total. The Bertz CT molecular complexity index is 1180. The Morgan fingerprint density at radius 1 is 1.06 bits per heavy atom. The van der Waals surface area contributed by atoms with Crippen LogP contribution in [-0.4, -0.2) is 23.1 Å². The highest BCUT2D eigenvalue weighted by Crippen LogP contribution is 2.33. The predicted octanol–water partition coefficient (Wildman–Crippen LogP) is 5.65. The van der Waals surface area contributed by atoms with Gasteiger partial charge < -0.3 is 4.90 Å². The molecule has 1 fully saturated rings. The molecule has 1 atom stereocenters. The van der Waals surface area contributed by atoms with Crippen LogP contribution in [0.15, 0.2) is 48.7 Å². The lowest BCUT2D eigenvalue weighted by Gasteiger charge is -2.34. The van der Waals surface area contributed by atoms with Gasteiger partial charge in [-0.05, 0) is 67.6 Å². The monoisotopic (exact) mass is 447 g/mol. The van der Waals surface area contributed by atoms with Crippen molar-refractivity contribution in [2.45, 2.75) is 19.3 Å². The van der Waals surface area contributed by atoms with Crippen LogP contribution >= 0.6 is 23.2 Å². The summed E-state index contributed by atoms with van der Waals surface area (Å²) in [5.41, 5.74) is 3.58. The fourth-order valence-electron chi connectivity index (χ4n) is 3.96. The van der Waals surface area contributed by atoms with Gasteiger partial charge in [0.2, 0.25) is 0 Å². The first-order valence-electron chi connectivity index (χ1n) is 10.0. The molecular formula is C24H19Cl2N5. The van der Waals surface area contributed by atoms with E-state index < -0.39 is 0 Å². The van der Waals surface area contributed by atoms with Crippen LogP contribution in [0.1, 0.15) is 29.7 Å². The number of hydrogen-bond donors (Lipinski definition) is 0. The van der Waals surface area contributed by atoms with Gasteiger partial charge in [-0.15, -0.1) is 0 Å². The Balaban J connectivity index is 1.58. The molecule has 1 aliphatic heterocycles. The lowest BCUT2D eigenvalue weighted by molar-refractivity contribution is 0.408. The van der Waals surface area contributed by atoms with E-state index in [1.54, 1.807) is 30.5 Å². The normalized spacial score (nSPS) is 15.9. The van der Waals surface area contributed by atoms with Crippen LogP contribution in [0, 0.1) is 28.6 Å². The number of halogens is 2. The van der Waals surface area contributed by atoms with Gasteiger partial charge in [0.15, 0.2) is 0 Å². The second-order valence-corrected chi connectivity index (χ2v) is 8.46. The van der Waals surface area contributed by atoms with E-state index in [2.05, 4.69) is 22.0 Å². The van der Waals surface area contributed by atoms with E-state index in [-0.39, 0.29) is 0 Å². The van der Waals surface area contributed by atoms with Crippen molar-refractivity contribution in [2.75, 3.05) is 18.0 Å². The number of pyridine rings is 2. The summed E-state index contributed by atoms with van der Waals surface area (Å²) >= 11 is 12.4. The van der Waals surface area contributed by atoms with Crippen molar-refractivity contribution in [2.24, 2.45) is 5.92 Å². The zero-order valence-corrected chi connectivity index (χ0v) is 18.2. The Labute approximate surface area is 191 Å². The highest BCUT2D eigenvalue weighted by atomic mass is 35.5. The van der Waals surface area contributed by atoms with Crippen LogP contribution in [0.2, 0.25) is 10.0 Å². The Morgan fingerprint density at radius 2 is 1.94 bits per heavy atom. The quantitative estimate of drug-likeness (QED) is 0.515. The fourth-order valence-corrected chi connectivity index (χ4v) is 4.46. The standard InChI is InChI=1S/C24H19Cl2N5/c25-19-5-7-21(22(26)11-19)23-8-4-18(13-28)24(30-23)31-9-1-2-16(15-31)10-20-6-3-17(12-27)14-29-20/h3-8,11,14,16H,1-2,9-10,15H2. The summed E-state index contributed by atoms with van der Waals surface area (Å²) in [5, 5.41) is 19.7. The van der Waals surface area contributed by atoms with Crippen LogP contribution in [0.4, 0.5) is 5.82 Å². The van der Waals surface area contributed by atoms with E-state index in [0.717, 1.165) is 43.6 Å². The molecule has 0 spiro atoms. The summed E-state index contributed by atoms with van der Waals surface area (Å²) < 4.78 is 0. The summed E-state index contributed by atoms with van der Waals surface area (Å²) in [4.78, 5) is 11.4. The van der Waals surface area contributed by atoms with Crippen molar-refractivity contribution in [1.29, 1.82) is 10.5 Å². The zero-order valence-electron chi connectivity index (χ0n) is 16.7. The SMILES string of the molecule is N#Cc1ccc(CC2CCCN(c3nc(-c4ccc(Cl)cc4Cl)ccc3C#N)C2)nc1. The molecule has 3 aromatic rings. The van der Waals surface area contributed by atoms with Crippen molar-refractivity contribution in [3.8, 4) is 23.4 Å². The maximum absolute atomic E-state index is 9.66. The van der Waals surface area contributed by atoms with Gasteiger partial charge in [-0.25, -0.2) is 4.98 Å². The molecule has 154 valence electrons. The highest BCUT2D eigenvalue weighted by Gasteiger charge is 2.24. The van der Waals surface area contributed by atoms with Crippen LogP contribution in [0.3, 0.4) is 0 Å². The summed E-state index contributed by atoms with van der Waals surface area (Å²) in [6, 6.07) is 17.0. The van der Waals surface area contributed by atoms with Crippen molar-refractivity contribution in [3.63, 3.8) is 0 Å². The van der Waals surface area contributed by atoms with Crippen molar-refractivity contribution < 1.29 is 0 Å². The van der Waals surface area contributed by atoms with Gasteiger partial charge in [-0.2, -0.15) is 10.5 Å². The highest BCUT2D eigenvalue weighted by molar-refractivity contribution is 6.36. The predicted molar refractivity (Wildman–Crippen MR) is 122 cm³/mol. The smallest absolute Gasteiger partial charge is 0.147 e. The summed E-state index contributed by atoms with van der Waals surface area (Å²) in [6.07, 6.45) is 4.54. The van der Waals surface area contributed by atoms with Gasteiger partial charge in [0, 0.05) is 35.6 Å². The van der Waals surface area contributed by atoms with Crippen molar-refractivity contribution in [1.82, 2.24) is 9.97 Å². The molecule has 1 unspecified atom stereocenters. The summed E-state index contributed by atoms with van der Waals surface area (Å²) in [5.74, 6) is 1.08. The lowest BCUT2D eigenvalue weighted by atomic mass is 9.92. The summed E-state index contributed by atoms with van der Waals surface area (Å²) in [6.45, 7) is 1.64. The first kappa shape index (κ1) is 21.1. The van der Waals surface area contributed by atoms with E-state index in [4.69, 9.17) is 33.4 Å². The fraction of sp³-hybridized carbons (Fsp3) is 0.250. The van der Waals surface area contributed by atoms with Crippen LogP contribution < -0.4 is 4.90 Å². The number of rotatable bonds is 4. The van der Waals surface area contributed by atoms with Gasteiger partial charge >= 0.3 is 0 Å². The number of hydrogen-bond acceptors (Lipinski definition) is 5. The number of nitrogens with zero attached hydrogens (tertiary/aromatic N) is 5. The average Bonchev–Trinajstić information content (AvgIpc) is 2.79. The molecule has 0 radical (unpaired) electrons. The molecule has 5 nitrogen and oxygen atoms in total. The van der Waals surface area contributed by atoms with Crippen LogP contribution in [-0.2, 0) is 6.42 Å². The first-order valence-corrected chi connectivity index (χ1v) is 10.8. The first-order chi connectivity index (χ1) is 15.1. The number of aromatic nitrogens is 2. The topological polar surface area (TPSA) is 76.6 Å². The van der Waals surface area contributed by atoms with Crippen LogP contribution in [0.5, 0.6) is 0 Å². The van der Waals surface area contributed by atoms with Crippen molar-refractivity contribution in [3.05, 3.63) is 75.5 Å². The molecule has 7 heteroatoms. The van der Waals surface area contributed by atoms with Gasteiger partial charge in [-0.1, -0.05) is 23.2 Å². The largest absolute Gasteiger partial charge is 0.355 e. The third kappa shape index (κ3) is 4.80. The second-order valence-electron chi connectivity index (χ2n) is 7.61. The van der Waals surface area contributed by atoms with Crippen LogP contribution in [0.25, 0.3) is 11.3 Å². The number of nitriles is 2. The van der Waals surface area contributed by atoms with E-state index in [1.165, 1.54) is 0 Å². The van der Waals surface area contributed by atoms with Gasteiger partial charge in [0.25, 0.3) is 0 Å². The third-order valence-corrected chi connectivity index (χ3v) is 6.02. The van der Waals surface area contributed by atoms with E-state index in [1.807, 2.05) is 18.2 Å². The van der Waals surface area contributed by atoms with E-state index in [9.17, 15) is 5.26 Å². The molecule has 1 saturated heterocycles. The molecule has 4 rings (SSSR count). The Hall–Kier alpha value is -3.12. The van der Waals surface area contributed by atoms with Gasteiger partial charge in [-0.3, -0.25) is 4.98 Å². The zero-order chi connectivity index (χ0) is 21.8. The molecule has 1 aliphatic rings.